The minimum atomic E-state index is -0.837. The Morgan fingerprint density at radius 1 is 1.26 bits per heavy atom. The zero-order valence-electron chi connectivity index (χ0n) is 17.7. The summed E-state index contributed by atoms with van der Waals surface area (Å²) in [5.41, 5.74) is 3.84. The van der Waals surface area contributed by atoms with E-state index in [4.69, 9.17) is 5.10 Å². The Balaban J connectivity index is 1.51. The van der Waals surface area contributed by atoms with Crippen LogP contribution < -0.4 is 0 Å². The second-order valence-electron chi connectivity index (χ2n) is 8.47. The van der Waals surface area contributed by atoms with Gasteiger partial charge in [-0.25, -0.2) is 13.8 Å². The van der Waals surface area contributed by atoms with Gasteiger partial charge in [0.15, 0.2) is 5.82 Å². The van der Waals surface area contributed by atoms with E-state index in [9.17, 15) is 13.6 Å². The fourth-order valence-electron chi connectivity index (χ4n) is 4.38. The third-order valence-electron chi connectivity index (χ3n) is 6.29. The summed E-state index contributed by atoms with van der Waals surface area (Å²) in [6.07, 6.45) is 4.98. The second-order valence-corrected chi connectivity index (χ2v) is 8.47. The molecule has 1 aliphatic heterocycles. The van der Waals surface area contributed by atoms with E-state index in [0.717, 1.165) is 53.7 Å². The van der Waals surface area contributed by atoms with Crippen LogP contribution in [0.25, 0.3) is 11.5 Å². The van der Waals surface area contributed by atoms with Crippen molar-refractivity contribution in [2.75, 3.05) is 6.54 Å². The third kappa shape index (κ3) is 3.54. The molecule has 1 saturated carbocycles. The van der Waals surface area contributed by atoms with E-state index in [1.807, 2.05) is 17.8 Å². The van der Waals surface area contributed by atoms with Crippen LogP contribution in [0.4, 0.5) is 8.78 Å². The molecule has 0 bridgehead atoms. The molecule has 3 heterocycles. The molecule has 0 atom stereocenters. The number of rotatable bonds is 5. The topological polar surface area (TPSA) is 56.0 Å². The van der Waals surface area contributed by atoms with Crippen LogP contribution in [0.15, 0.2) is 24.4 Å². The molecule has 1 amide bonds. The molecule has 0 unspecified atom stereocenters. The summed E-state index contributed by atoms with van der Waals surface area (Å²) in [4.78, 5) is 19.3. The summed E-state index contributed by atoms with van der Waals surface area (Å²) in [5, 5.41) is 4.85. The molecule has 1 fully saturated rings. The lowest BCUT2D eigenvalue weighted by Crippen LogP contribution is -2.37. The van der Waals surface area contributed by atoms with Gasteiger partial charge in [0.25, 0.3) is 5.91 Å². The minimum absolute atomic E-state index is 0.111. The number of carbonyl (C=O) groups excluding carboxylic acids is 1. The minimum Gasteiger partial charge on any atom is -0.334 e. The zero-order valence-corrected chi connectivity index (χ0v) is 17.7. The van der Waals surface area contributed by atoms with E-state index in [0.29, 0.717) is 25.4 Å². The molecule has 0 radical (unpaired) electrons. The van der Waals surface area contributed by atoms with Gasteiger partial charge in [-0.3, -0.25) is 9.48 Å². The smallest absolute Gasteiger partial charge is 0.257 e. The van der Waals surface area contributed by atoms with Crippen LogP contribution in [0.3, 0.4) is 0 Å². The van der Waals surface area contributed by atoms with Gasteiger partial charge in [-0.2, -0.15) is 5.10 Å². The molecule has 2 aromatic heterocycles. The Hall–Kier alpha value is -3.03. The molecular formula is C23H25F2N5O. The summed E-state index contributed by atoms with van der Waals surface area (Å²) in [6, 6.07) is 3.08. The largest absolute Gasteiger partial charge is 0.334 e. The standard InChI is InChI=1S/C23H25F2N5O/c1-3-30-20-8-9-28(23(31)17-7-6-16(24)10-19(17)25)13-18(20)21(27-30)22-26-11-14(2)29(22)12-15-4-5-15/h6-7,10-11,15H,3-5,8-9,12-13H2,1-2H3. The molecule has 162 valence electrons. The average Bonchev–Trinajstić information content (AvgIpc) is 3.41. The van der Waals surface area contributed by atoms with Crippen LogP contribution in [-0.4, -0.2) is 36.7 Å². The SMILES string of the molecule is CCn1nc(-c2ncc(C)n2CC2CC2)c2c1CCN(C(=O)c1ccc(F)cc1F)C2. The quantitative estimate of drug-likeness (QED) is 0.622. The molecule has 0 spiro atoms. The van der Waals surface area contributed by atoms with Gasteiger partial charge >= 0.3 is 0 Å². The number of halogens is 2. The van der Waals surface area contributed by atoms with Gasteiger partial charge in [-0.05, 0) is 44.7 Å². The van der Waals surface area contributed by atoms with Crippen molar-refractivity contribution in [1.29, 1.82) is 0 Å². The van der Waals surface area contributed by atoms with Crippen molar-refractivity contribution in [1.82, 2.24) is 24.2 Å². The van der Waals surface area contributed by atoms with E-state index in [2.05, 4.69) is 16.5 Å². The van der Waals surface area contributed by atoms with Gasteiger partial charge in [0.2, 0.25) is 0 Å². The number of fused-ring (bicyclic) bond motifs is 1. The van der Waals surface area contributed by atoms with Crippen LogP contribution >= 0.6 is 0 Å². The van der Waals surface area contributed by atoms with Crippen molar-refractivity contribution in [3.8, 4) is 11.5 Å². The highest BCUT2D eigenvalue weighted by atomic mass is 19.1. The van der Waals surface area contributed by atoms with Crippen LogP contribution in [-0.2, 0) is 26.1 Å². The predicted octanol–water partition coefficient (Wildman–Crippen LogP) is 3.96. The monoisotopic (exact) mass is 425 g/mol. The van der Waals surface area contributed by atoms with Crippen molar-refractivity contribution >= 4 is 5.91 Å². The molecule has 0 N–H and O–H groups in total. The number of aromatic nitrogens is 4. The molecule has 1 aliphatic carbocycles. The highest BCUT2D eigenvalue weighted by molar-refractivity contribution is 5.94. The fourth-order valence-corrected chi connectivity index (χ4v) is 4.38. The predicted molar refractivity (Wildman–Crippen MR) is 111 cm³/mol. The lowest BCUT2D eigenvalue weighted by molar-refractivity contribution is 0.0728. The van der Waals surface area contributed by atoms with Crippen molar-refractivity contribution in [3.63, 3.8) is 0 Å². The van der Waals surface area contributed by atoms with Crippen molar-refractivity contribution in [2.45, 2.75) is 52.7 Å². The average molecular weight is 425 g/mol. The first-order chi connectivity index (χ1) is 15.0. The van der Waals surface area contributed by atoms with Crippen LogP contribution in [0.2, 0.25) is 0 Å². The molecule has 31 heavy (non-hydrogen) atoms. The van der Waals surface area contributed by atoms with Crippen LogP contribution in [0.5, 0.6) is 0 Å². The van der Waals surface area contributed by atoms with Gasteiger partial charge in [-0.1, -0.05) is 0 Å². The second kappa shape index (κ2) is 7.59. The number of nitrogens with zero attached hydrogens (tertiary/aromatic N) is 5. The lowest BCUT2D eigenvalue weighted by Gasteiger charge is -2.28. The molecule has 1 aromatic carbocycles. The molecule has 0 saturated heterocycles. The number of benzene rings is 1. The number of hydrogen-bond acceptors (Lipinski definition) is 3. The molecule has 6 nitrogen and oxygen atoms in total. The maximum Gasteiger partial charge on any atom is 0.257 e. The maximum atomic E-state index is 14.2. The van der Waals surface area contributed by atoms with Crippen molar-refractivity contribution in [2.24, 2.45) is 5.92 Å². The number of hydrogen-bond donors (Lipinski definition) is 0. The highest BCUT2D eigenvalue weighted by Crippen LogP contribution is 2.35. The first-order valence-corrected chi connectivity index (χ1v) is 10.8. The van der Waals surface area contributed by atoms with Gasteiger partial charge in [-0.15, -0.1) is 0 Å². The maximum absolute atomic E-state index is 14.2. The number of amides is 1. The molecular weight excluding hydrogens is 400 g/mol. The van der Waals surface area contributed by atoms with E-state index >= 15 is 0 Å². The van der Waals surface area contributed by atoms with Gasteiger partial charge in [0.05, 0.1) is 12.1 Å². The Labute approximate surface area is 179 Å². The molecule has 2 aliphatic rings. The van der Waals surface area contributed by atoms with Gasteiger partial charge in [0, 0.05) is 55.3 Å². The summed E-state index contributed by atoms with van der Waals surface area (Å²) in [6.45, 7) is 6.54. The zero-order chi connectivity index (χ0) is 21.7. The number of carbonyl (C=O) groups is 1. The van der Waals surface area contributed by atoms with E-state index in [-0.39, 0.29) is 5.56 Å². The van der Waals surface area contributed by atoms with E-state index < -0.39 is 17.5 Å². The van der Waals surface area contributed by atoms with Crippen LogP contribution in [0.1, 0.15) is 47.1 Å². The first-order valence-electron chi connectivity index (χ1n) is 10.8. The summed E-state index contributed by atoms with van der Waals surface area (Å²) >= 11 is 0. The Morgan fingerprint density at radius 2 is 2.06 bits per heavy atom. The van der Waals surface area contributed by atoms with Crippen molar-refractivity contribution < 1.29 is 13.6 Å². The van der Waals surface area contributed by atoms with Crippen molar-refractivity contribution in [3.05, 3.63) is 58.5 Å². The fraction of sp³-hybridized carbons (Fsp3) is 0.435. The molecule has 3 aromatic rings. The van der Waals surface area contributed by atoms with Gasteiger partial charge in [0.1, 0.15) is 17.3 Å². The summed E-state index contributed by atoms with van der Waals surface area (Å²) in [5.74, 6) is -0.448. The normalized spacial score (nSPS) is 15.9. The van der Waals surface area contributed by atoms with E-state index in [1.165, 1.54) is 18.9 Å². The summed E-state index contributed by atoms with van der Waals surface area (Å²) < 4.78 is 31.7. The van der Waals surface area contributed by atoms with Gasteiger partial charge < -0.3 is 9.47 Å². The Morgan fingerprint density at radius 3 is 2.77 bits per heavy atom. The van der Waals surface area contributed by atoms with Crippen LogP contribution in [0, 0.1) is 24.5 Å². The third-order valence-corrected chi connectivity index (χ3v) is 6.29. The Bertz CT molecular complexity index is 1160. The molecule has 8 heteroatoms. The Kier molecular flexibility index (Phi) is 4.87. The summed E-state index contributed by atoms with van der Waals surface area (Å²) in [7, 11) is 0. The first kappa shape index (κ1) is 19.9. The van der Waals surface area contributed by atoms with E-state index in [1.54, 1.807) is 4.90 Å². The number of imidazole rings is 1. The highest BCUT2D eigenvalue weighted by Gasteiger charge is 2.32. The molecule has 5 rings (SSSR count). The lowest BCUT2D eigenvalue weighted by atomic mass is 10.0. The number of aryl methyl sites for hydroxylation is 2.